The average molecular weight is 1140 g/mol. The maximum absolute atomic E-state index is 11.5. The van der Waals surface area contributed by atoms with Crippen LogP contribution in [-0.2, 0) is 42.7 Å². The summed E-state index contributed by atoms with van der Waals surface area (Å²) in [6, 6.07) is 9.85. The van der Waals surface area contributed by atoms with Crippen LogP contribution in [0.4, 0.5) is 15.3 Å². The van der Waals surface area contributed by atoms with Gasteiger partial charge in [0, 0.05) is 72.9 Å². The van der Waals surface area contributed by atoms with Crippen molar-refractivity contribution in [2.75, 3.05) is 99.9 Å². The van der Waals surface area contributed by atoms with Gasteiger partial charge in [0.15, 0.2) is 11.4 Å². The van der Waals surface area contributed by atoms with Crippen molar-refractivity contribution in [3.05, 3.63) is 89.2 Å². The summed E-state index contributed by atoms with van der Waals surface area (Å²) in [4.78, 5) is 70.5. The van der Waals surface area contributed by atoms with Crippen LogP contribution >= 0.6 is 0 Å². The number of nitrogens with two attached hydrogens (primary N) is 1. The fourth-order valence-corrected chi connectivity index (χ4v) is 5.27. The molecule has 0 saturated carbocycles. The van der Waals surface area contributed by atoms with Gasteiger partial charge in [-0.1, -0.05) is 15.5 Å². The second-order valence-corrected chi connectivity index (χ2v) is 17.2. The van der Waals surface area contributed by atoms with Gasteiger partial charge in [-0.2, -0.15) is 0 Å². The standard InChI is InChI=1S/C18H25N5O6.C14H21N5O4.C13H17N5O4.C5H6O2/c1-18(2,3)29-17(25)20-7-8-27-9-10-28-15-11-13(5-6-19-15)23-12-14(21-22-23)16(24)26-4;1-14(2,3)23-13(20)17-6-7-21-8-9-22-12-10-11(18-19-15)4-5-16-12;1-20-13(19)11-9-18(17-16-11)10-2-4-15-12(8-10)22-7-6-21-5-3-14;1-3-5(6)7-4-2/h5-6,11-12H,7-10H2,1-4H3,(H,20,25);4-5,10H,6-9H2,1-3H3,(H,17,20);2,4,8-9H,3,5-7,14H2,1H3;1H,4H2,2H3. The van der Waals surface area contributed by atoms with E-state index in [0.29, 0.717) is 114 Å². The summed E-state index contributed by atoms with van der Waals surface area (Å²) in [5.41, 5.74) is 14.5. The highest BCUT2D eigenvalue weighted by molar-refractivity contribution is 5.88. The van der Waals surface area contributed by atoms with E-state index in [-0.39, 0.29) is 18.0 Å². The Balaban J connectivity index is 0.000000395. The molecular formula is C50H69N15O16. The van der Waals surface area contributed by atoms with E-state index < -0.39 is 41.3 Å². The summed E-state index contributed by atoms with van der Waals surface area (Å²) in [6.07, 6.45) is 11.2. The molecule has 2 amide bonds. The third kappa shape index (κ3) is 31.1. The third-order valence-corrected chi connectivity index (χ3v) is 8.54. The fourth-order valence-electron chi connectivity index (χ4n) is 5.27. The molecule has 5 rings (SSSR count). The molecule has 4 N–H and O–H groups in total. The molecule has 0 saturated heterocycles. The van der Waals surface area contributed by atoms with Crippen LogP contribution in [-0.4, -0.2) is 186 Å². The van der Waals surface area contributed by atoms with Crippen LogP contribution in [0.15, 0.2) is 72.5 Å². The van der Waals surface area contributed by atoms with E-state index in [1.54, 1.807) is 97.1 Å². The molecule has 81 heavy (non-hydrogen) atoms. The lowest BCUT2D eigenvalue weighted by molar-refractivity contribution is -0.136. The second-order valence-electron chi connectivity index (χ2n) is 17.2. The van der Waals surface area contributed by atoms with Crippen molar-refractivity contribution < 1.29 is 76.1 Å². The van der Waals surface area contributed by atoms with Crippen LogP contribution in [0, 0.1) is 12.3 Å². The Morgan fingerprint density at radius 1 is 0.654 bits per heavy atom. The number of hydrogen-bond acceptors (Lipinski definition) is 25. The molecule has 0 radical (unpaired) electrons. The smallest absolute Gasteiger partial charge is 0.407 e. The van der Waals surface area contributed by atoms with E-state index in [1.807, 2.05) is 0 Å². The van der Waals surface area contributed by atoms with Gasteiger partial charge in [0.05, 0.1) is 84.2 Å². The number of carbonyl (C=O) groups excluding carboxylic acids is 5. The maximum atomic E-state index is 11.5. The summed E-state index contributed by atoms with van der Waals surface area (Å²) in [7, 11) is 2.56. The number of alkyl carbamates (subject to hydrolysis) is 2. The zero-order valence-electron chi connectivity index (χ0n) is 46.6. The van der Waals surface area contributed by atoms with Crippen molar-refractivity contribution in [2.45, 2.75) is 59.7 Å². The molecule has 0 aromatic carbocycles. The van der Waals surface area contributed by atoms with Gasteiger partial charge in [-0.15, -0.1) is 16.6 Å². The Kier molecular flexibility index (Phi) is 32.2. The number of nitrogens with zero attached hydrogens (tertiary/aromatic N) is 12. The topological polar surface area (TPSA) is 386 Å². The maximum Gasteiger partial charge on any atom is 0.407 e. The number of nitrogens with one attached hydrogen (secondary N) is 2. The number of pyridine rings is 3. The summed E-state index contributed by atoms with van der Waals surface area (Å²) >= 11 is 0. The van der Waals surface area contributed by atoms with Gasteiger partial charge >= 0.3 is 30.1 Å². The Morgan fingerprint density at radius 2 is 1.07 bits per heavy atom. The van der Waals surface area contributed by atoms with Crippen molar-refractivity contribution in [1.29, 1.82) is 0 Å². The number of amides is 2. The first-order valence-corrected chi connectivity index (χ1v) is 24.6. The first kappa shape index (κ1) is 67.9. The molecule has 0 aliphatic rings. The van der Waals surface area contributed by atoms with Gasteiger partial charge in [0.25, 0.3) is 0 Å². The molecule has 440 valence electrons. The monoisotopic (exact) mass is 1140 g/mol. The second kappa shape index (κ2) is 38.4. The van der Waals surface area contributed by atoms with Crippen molar-refractivity contribution in [1.82, 2.24) is 55.6 Å². The summed E-state index contributed by atoms with van der Waals surface area (Å²) in [6.45, 7) is 17.2. The van der Waals surface area contributed by atoms with Crippen LogP contribution in [0.2, 0.25) is 0 Å². The minimum atomic E-state index is -0.595. The van der Waals surface area contributed by atoms with Gasteiger partial charge in [-0.05, 0) is 72.2 Å². The van der Waals surface area contributed by atoms with Crippen molar-refractivity contribution in [3.8, 4) is 41.4 Å². The molecule has 0 unspecified atom stereocenters. The van der Waals surface area contributed by atoms with Gasteiger partial charge < -0.3 is 68.5 Å². The van der Waals surface area contributed by atoms with Gasteiger partial charge in [0.1, 0.15) is 31.0 Å². The van der Waals surface area contributed by atoms with Gasteiger partial charge in [-0.3, -0.25) is 0 Å². The van der Waals surface area contributed by atoms with E-state index >= 15 is 0 Å². The molecule has 0 aliphatic heterocycles. The minimum absolute atomic E-state index is 0.0974. The summed E-state index contributed by atoms with van der Waals surface area (Å²) < 4.78 is 58.8. The van der Waals surface area contributed by atoms with Crippen LogP contribution in [0.3, 0.4) is 0 Å². The quantitative estimate of drug-likeness (QED) is 0.0101. The number of methoxy groups -OCH3 is 2. The molecule has 0 spiro atoms. The molecule has 5 heterocycles. The number of terminal acetylenes is 1. The number of hydrogen-bond donors (Lipinski definition) is 3. The first-order valence-electron chi connectivity index (χ1n) is 24.6. The number of rotatable bonds is 26. The molecule has 0 aliphatic carbocycles. The number of esters is 3. The number of carbonyl (C=O) groups is 5. The lowest BCUT2D eigenvalue weighted by Gasteiger charge is -2.19. The molecule has 5 aromatic heterocycles. The zero-order chi connectivity index (χ0) is 59.9. The lowest BCUT2D eigenvalue weighted by atomic mass is 10.2. The average Bonchev–Trinajstić information content (AvgIpc) is 4.16. The highest BCUT2D eigenvalue weighted by Gasteiger charge is 2.17. The van der Waals surface area contributed by atoms with Crippen LogP contribution in [0.25, 0.3) is 21.8 Å². The van der Waals surface area contributed by atoms with E-state index in [2.05, 4.69) is 76.9 Å². The molecule has 0 bridgehead atoms. The lowest BCUT2D eigenvalue weighted by Crippen LogP contribution is -2.34. The fraction of sp³-hybridized carbons (Fsp3) is 0.480. The Bertz CT molecular complexity index is 2770. The van der Waals surface area contributed by atoms with Crippen LogP contribution in [0.5, 0.6) is 17.6 Å². The highest BCUT2D eigenvalue weighted by atomic mass is 16.6. The van der Waals surface area contributed by atoms with Crippen molar-refractivity contribution in [2.24, 2.45) is 10.8 Å². The van der Waals surface area contributed by atoms with Gasteiger partial charge in [0.2, 0.25) is 17.6 Å². The molecular weight excluding hydrogens is 1070 g/mol. The van der Waals surface area contributed by atoms with E-state index in [1.165, 1.54) is 48.2 Å². The summed E-state index contributed by atoms with van der Waals surface area (Å²) in [5, 5.41) is 23.9. The predicted octanol–water partition coefficient (Wildman–Crippen LogP) is 4.30. The number of ether oxygens (including phenoxy) is 11. The normalized spacial score (nSPS) is 10.4. The predicted molar refractivity (Wildman–Crippen MR) is 286 cm³/mol. The molecule has 0 fully saturated rings. The van der Waals surface area contributed by atoms with E-state index in [0.717, 1.165) is 0 Å². The Morgan fingerprint density at radius 3 is 1.44 bits per heavy atom. The molecule has 31 nitrogen and oxygen atoms in total. The zero-order valence-corrected chi connectivity index (χ0v) is 46.6. The number of aromatic nitrogens is 9. The largest absolute Gasteiger partial charge is 0.475 e. The molecule has 31 heteroatoms. The Labute approximate surface area is 467 Å². The third-order valence-electron chi connectivity index (χ3n) is 8.54. The molecule has 0 atom stereocenters. The SMILES string of the molecule is C#CC(=O)OCC.CC(C)(C)OC(=O)NCCOCCOc1cc(N=[N+]=[N-])ccn1.COC(=O)c1cn(-c2ccnc(OCCOCCN)c2)nn1.COC(=O)c1cn(-c2ccnc(OCCOCCNC(=O)OC(C)(C)C)c2)nn1. The van der Waals surface area contributed by atoms with Gasteiger partial charge in [-0.25, -0.2) is 48.3 Å². The minimum Gasteiger partial charge on any atom is -0.475 e. The van der Waals surface area contributed by atoms with E-state index in [9.17, 15) is 24.0 Å². The summed E-state index contributed by atoms with van der Waals surface area (Å²) in [5.74, 6) is 1.23. The van der Waals surface area contributed by atoms with Crippen molar-refractivity contribution >= 4 is 35.8 Å². The van der Waals surface area contributed by atoms with Crippen LogP contribution in [0.1, 0.15) is 69.4 Å². The number of azide groups is 1. The Hall–Kier alpha value is -9.21. The first-order chi connectivity index (χ1) is 38.7. The highest BCUT2D eigenvalue weighted by Crippen LogP contribution is 2.18. The molecule has 5 aromatic rings. The van der Waals surface area contributed by atoms with E-state index in [4.69, 9.17) is 49.2 Å². The van der Waals surface area contributed by atoms with Crippen molar-refractivity contribution in [3.63, 3.8) is 0 Å². The van der Waals surface area contributed by atoms with Crippen LogP contribution < -0.4 is 30.6 Å².